The van der Waals surface area contributed by atoms with Gasteiger partial charge in [0.2, 0.25) is 0 Å². The van der Waals surface area contributed by atoms with Crippen LogP contribution in [0.15, 0.2) is 18.2 Å². The average Bonchev–Trinajstić information content (AvgIpc) is 3.14. The van der Waals surface area contributed by atoms with Crippen LogP contribution in [-0.4, -0.2) is 64.4 Å². The minimum absolute atomic E-state index is 0. The van der Waals surface area contributed by atoms with Gasteiger partial charge in [-0.1, -0.05) is 96.0 Å². The molecule has 6 N–H and O–H groups in total. The van der Waals surface area contributed by atoms with Gasteiger partial charge in [-0.2, -0.15) is 0 Å². The van der Waals surface area contributed by atoms with Gasteiger partial charge >= 0.3 is 11.9 Å². The van der Waals surface area contributed by atoms with Crippen molar-refractivity contribution in [3.8, 4) is 0 Å². The molecule has 291 valence electrons. The third-order valence-electron chi connectivity index (χ3n) is 11.9. The topological polar surface area (TPSA) is 136 Å². The molecule has 1 radical (unpaired) electrons. The zero-order valence-corrected chi connectivity index (χ0v) is 32.7. The van der Waals surface area contributed by atoms with Gasteiger partial charge in [0.25, 0.3) is 0 Å². The van der Waals surface area contributed by atoms with Gasteiger partial charge in [0.05, 0.1) is 11.4 Å². The van der Waals surface area contributed by atoms with E-state index >= 15 is 0 Å². The number of aromatic nitrogens is 1. The second-order valence-corrected chi connectivity index (χ2v) is 15.9. The molecule has 0 spiro atoms. The molecule has 0 saturated heterocycles. The summed E-state index contributed by atoms with van der Waals surface area (Å²) in [5.41, 5.74) is 2.34. The number of hydrogen-bond donors (Lipinski definition) is 6. The Morgan fingerprint density at radius 1 is 0.549 bits per heavy atom. The van der Waals surface area contributed by atoms with Gasteiger partial charge in [0.15, 0.2) is 0 Å². The zero-order chi connectivity index (χ0) is 35.2. The van der Waals surface area contributed by atoms with Crippen molar-refractivity contribution in [2.45, 2.75) is 191 Å². The van der Waals surface area contributed by atoms with E-state index in [2.05, 4.69) is 39.5 Å². The van der Waals surface area contributed by atoms with E-state index in [1.807, 2.05) is 0 Å². The van der Waals surface area contributed by atoms with Crippen molar-refractivity contribution in [1.29, 1.82) is 0 Å². The van der Waals surface area contributed by atoms with E-state index in [4.69, 9.17) is 15.2 Å². The van der Waals surface area contributed by atoms with E-state index in [-0.39, 0.29) is 17.1 Å². The van der Waals surface area contributed by atoms with Gasteiger partial charge in [-0.3, -0.25) is 14.6 Å². The minimum atomic E-state index is -0.647. The minimum Gasteiger partial charge on any atom is -0.481 e. The third kappa shape index (κ3) is 18.4. The predicted molar refractivity (Wildman–Crippen MR) is 202 cm³/mol. The summed E-state index contributed by atoms with van der Waals surface area (Å²) in [6, 6.07) is 8.81. The summed E-state index contributed by atoms with van der Waals surface area (Å²) < 4.78 is 0. The second-order valence-electron chi connectivity index (χ2n) is 15.9. The molecular formula is C41H71MnN5O4. The Kier molecular flexibility index (Phi) is 22.6. The maximum absolute atomic E-state index is 10.2. The van der Waals surface area contributed by atoms with E-state index in [1.165, 1.54) is 127 Å². The van der Waals surface area contributed by atoms with Crippen molar-refractivity contribution in [3.05, 3.63) is 29.6 Å². The molecule has 1 aliphatic heterocycles. The van der Waals surface area contributed by atoms with E-state index < -0.39 is 11.9 Å². The van der Waals surface area contributed by atoms with Crippen LogP contribution < -0.4 is 21.3 Å². The molecule has 2 bridgehead atoms. The first kappa shape index (κ1) is 43.9. The van der Waals surface area contributed by atoms with Gasteiger partial charge in [-0.25, -0.2) is 0 Å². The summed E-state index contributed by atoms with van der Waals surface area (Å²) in [5.74, 6) is 0.368. The number of carboxylic acids is 2. The van der Waals surface area contributed by atoms with Gasteiger partial charge in [0, 0.05) is 80.3 Å². The summed E-state index contributed by atoms with van der Waals surface area (Å²) in [6.45, 7) is 3.89. The van der Waals surface area contributed by atoms with E-state index in [0.29, 0.717) is 37.0 Å². The van der Waals surface area contributed by atoms with E-state index in [9.17, 15) is 9.59 Å². The molecule has 51 heavy (non-hydrogen) atoms. The van der Waals surface area contributed by atoms with Crippen LogP contribution in [0.3, 0.4) is 0 Å². The molecule has 2 heterocycles. The monoisotopic (exact) mass is 752 g/mol. The molecular weight excluding hydrogens is 681 g/mol. The number of carboxylic acid groups (broad SMARTS) is 2. The number of aliphatic carboxylic acids is 2. The smallest absolute Gasteiger partial charge is 0.303 e. The third-order valence-corrected chi connectivity index (χ3v) is 11.9. The summed E-state index contributed by atoms with van der Waals surface area (Å²) in [6.07, 6.45) is 28.8. The predicted octanol–water partition coefficient (Wildman–Crippen LogP) is 7.72. The normalized spacial score (nSPS) is 26.4. The van der Waals surface area contributed by atoms with E-state index in [0.717, 1.165) is 63.7 Å². The molecule has 0 amide bonds. The van der Waals surface area contributed by atoms with Crippen LogP contribution in [0.4, 0.5) is 0 Å². The van der Waals surface area contributed by atoms with E-state index in [1.54, 1.807) is 0 Å². The number of nitrogens with one attached hydrogen (secondary N) is 4. The number of rotatable bonds is 8. The SMILES string of the molecule is O=C(O)CCCC1CCCCC1.O=C(O)CCCC1CCCCC1.[Mn].c1cc2nc(c1)CN[C@@H]1CCCC[C@H]1NCCN[C@@H]1CCCC[C@H]1NC2. The van der Waals surface area contributed by atoms with Gasteiger partial charge < -0.3 is 31.5 Å². The Labute approximate surface area is 319 Å². The fourth-order valence-corrected chi connectivity index (χ4v) is 8.99. The molecule has 5 aliphatic rings. The quantitative estimate of drug-likeness (QED) is 0.148. The van der Waals surface area contributed by atoms with Crippen molar-refractivity contribution < 1.29 is 36.9 Å². The van der Waals surface area contributed by atoms with Gasteiger partial charge in [-0.15, -0.1) is 0 Å². The first-order valence-electron chi connectivity index (χ1n) is 20.8. The first-order chi connectivity index (χ1) is 24.5. The Morgan fingerprint density at radius 3 is 1.27 bits per heavy atom. The van der Waals surface area contributed by atoms with Crippen LogP contribution in [0, 0.1) is 11.8 Å². The molecule has 1 aromatic rings. The van der Waals surface area contributed by atoms with Crippen molar-refractivity contribution >= 4 is 11.9 Å². The molecule has 4 fully saturated rings. The maximum atomic E-state index is 10.2. The number of nitrogens with zero attached hydrogens (tertiary/aromatic N) is 1. The van der Waals surface area contributed by atoms with Crippen LogP contribution in [0.25, 0.3) is 0 Å². The average molecular weight is 753 g/mol. The summed E-state index contributed by atoms with van der Waals surface area (Å²) in [5, 5.41) is 32.1. The van der Waals surface area contributed by atoms with Gasteiger partial charge in [-0.05, 0) is 75.3 Å². The number of pyridine rings is 1. The largest absolute Gasteiger partial charge is 0.481 e. The number of hydrogen-bond acceptors (Lipinski definition) is 7. The van der Waals surface area contributed by atoms with Crippen LogP contribution in [0.2, 0.25) is 0 Å². The molecule has 4 saturated carbocycles. The summed E-state index contributed by atoms with van der Waals surface area (Å²) in [7, 11) is 0. The fourth-order valence-electron chi connectivity index (χ4n) is 8.99. The summed E-state index contributed by atoms with van der Waals surface area (Å²) in [4.78, 5) is 25.4. The van der Waals surface area contributed by atoms with Crippen LogP contribution >= 0.6 is 0 Å². The number of carbonyl (C=O) groups is 2. The van der Waals surface area contributed by atoms with Crippen molar-refractivity contribution in [2.24, 2.45) is 11.8 Å². The summed E-state index contributed by atoms with van der Waals surface area (Å²) >= 11 is 0. The molecule has 6 rings (SSSR count). The number of fused-ring (bicyclic) bond motifs is 4. The fraction of sp³-hybridized carbons (Fsp3) is 0.829. The molecule has 9 nitrogen and oxygen atoms in total. The Morgan fingerprint density at radius 2 is 0.902 bits per heavy atom. The molecule has 1 aromatic heterocycles. The van der Waals surface area contributed by atoms with Crippen LogP contribution in [-0.2, 0) is 39.7 Å². The Balaban J connectivity index is 0.000000235. The van der Waals surface area contributed by atoms with Crippen molar-refractivity contribution in [1.82, 2.24) is 26.3 Å². The van der Waals surface area contributed by atoms with Crippen LogP contribution in [0.5, 0.6) is 0 Å². The Hall–Kier alpha value is -1.55. The molecule has 10 heteroatoms. The van der Waals surface area contributed by atoms with Crippen molar-refractivity contribution in [2.75, 3.05) is 13.1 Å². The molecule has 4 atom stereocenters. The second kappa shape index (κ2) is 26.3. The van der Waals surface area contributed by atoms with Gasteiger partial charge in [0.1, 0.15) is 0 Å². The molecule has 0 aromatic carbocycles. The zero-order valence-electron chi connectivity index (χ0n) is 31.5. The first-order valence-corrected chi connectivity index (χ1v) is 20.8. The Bertz CT molecular complexity index is 1000. The van der Waals surface area contributed by atoms with Crippen LogP contribution in [0.1, 0.15) is 165 Å². The maximum Gasteiger partial charge on any atom is 0.303 e. The van der Waals surface area contributed by atoms with Crippen molar-refractivity contribution in [3.63, 3.8) is 0 Å². The standard InChI is InChI=1S/C21H35N5.2C10H18O2.Mn/c1-3-10-20-18(8-1)22-12-13-23-19-9-2-4-11-21(19)25-15-17-7-5-6-16(26-17)14-24-20;2*11-10(12)8-4-7-9-5-2-1-3-6-9;/h5-7,18-25H,1-4,8-15H2;2*9H,1-8H2,(H,11,12);/t18-,19-,20-,21-;;;/m1.../s1. The molecule has 4 aliphatic carbocycles. The molecule has 0 unspecified atom stereocenters.